The van der Waals surface area contributed by atoms with Crippen molar-refractivity contribution in [3.05, 3.63) is 46.0 Å². The molecular weight excluding hydrogens is 393 g/mol. The van der Waals surface area contributed by atoms with Crippen molar-refractivity contribution in [3.8, 4) is 23.0 Å². The molecule has 1 amide bonds. The number of anilines is 1. The highest BCUT2D eigenvalue weighted by atomic mass is 35.5. The van der Waals surface area contributed by atoms with Crippen molar-refractivity contribution in [2.75, 3.05) is 33.8 Å². The molecule has 0 radical (unpaired) electrons. The van der Waals surface area contributed by atoms with Gasteiger partial charge in [-0.2, -0.15) is 0 Å². The second-order valence-corrected chi connectivity index (χ2v) is 6.06. The molecule has 0 aliphatic carbocycles. The number of rotatable bonds is 7. The maximum Gasteiger partial charge on any atom is 0.248 e. The van der Waals surface area contributed by atoms with E-state index < -0.39 is 0 Å². The summed E-state index contributed by atoms with van der Waals surface area (Å²) in [5, 5.41) is 3.47. The van der Waals surface area contributed by atoms with Crippen molar-refractivity contribution < 1.29 is 23.7 Å². The summed E-state index contributed by atoms with van der Waals surface area (Å²) in [5.41, 5.74) is 1.10. The van der Waals surface area contributed by atoms with Crippen LogP contribution < -0.4 is 24.3 Å². The van der Waals surface area contributed by atoms with Crippen molar-refractivity contribution in [3.63, 3.8) is 0 Å². The van der Waals surface area contributed by atoms with Gasteiger partial charge < -0.3 is 24.3 Å². The molecule has 0 atom stereocenters. The lowest BCUT2D eigenvalue weighted by Gasteiger charge is -2.12. The third kappa shape index (κ3) is 4.99. The SMILES string of the molecule is COc1cc(NC(=O)/C=C/c2cc(Cl)c(OC)c(OC)c2)c(OC)cc1Cl. The van der Waals surface area contributed by atoms with Gasteiger partial charge in [0.2, 0.25) is 5.91 Å². The summed E-state index contributed by atoms with van der Waals surface area (Å²) in [6.07, 6.45) is 2.96. The number of carbonyl (C=O) groups excluding carboxylic acids is 1. The van der Waals surface area contributed by atoms with E-state index in [4.69, 9.17) is 42.1 Å². The molecule has 0 aromatic heterocycles. The molecule has 2 rings (SSSR count). The van der Waals surface area contributed by atoms with Gasteiger partial charge >= 0.3 is 0 Å². The normalized spacial score (nSPS) is 10.6. The number of hydrogen-bond acceptors (Lipinski definition) is 5. The summed E-state index contributed by atoms with van der Waals surface area (Å²) in [4.78, 5) is 12.3. The van der Waals surface area contributed by atoms with Crippen LogP contribution >= 0.6 is 23.2 Å². The van der Waals surface area contributed by atoms with Crippen molar-refractivity contribution >= 4 is 40.9 Å². The smallest absolute Gasteiger partial charge is 0.248 e. The third-order valence-corrected chi connectivity index (χ3v) is 4.19. The zero-order valence-corrected chi connectivity index (χ0v) is 16.8. The first kappa shape index (κ1) is 20.7. The first-order valence-electron chi connectivity index (χ1n) is 7.75. The number of nitrogens with one attached hydrogen (secondary N) is 1. The molecule has 0 saturated carbocycles. The van der Waals surface area contributed by atoms with Crippen molar-refractivity contribution in [1.29, 1.82) is 0 Å². The van der Waals surface area contributed by atoms with Gasteiger partial charge in [0.1, 0.15) is 11.5 Å². The number of hydrogen-bond donors (Lipinski definition) is 1. The Bertz CT molecular complexity index is 868. The van der Waals surface area contributed by atoms with E-state index in [1.165, 1.54) is 34.5 Å². The molecule has 2 aromatic rings. The van der Waals surface area contributed by atoms with Crippen LogP contribution in [0.5, 0.6) is 23.0 Å². The Morgan fingerprint density at radius 3 is 2.11 bits per heavy atom. The minimum absolute atomic E-state index is 0.372. The third-order valence-electron chi connectivity index (χ3n) is 3.61. The number of amides is 1. The van der Waals surface area contributed by atoms with Crippen molar-refractivity contribution in [1.82, 2.24) is 0 Å². The van der Waals surface area contributed by atoms with Crippen LogP contribution in [0.15, 0.2) is 30.3 Å². The Hall–Kier alpha value is -2.57. The van der Waals surface area contributed by atoms with Gasteiger partial charge in [-0.05, 0) is 23.8 Å². The number of halogens is 2. The van der Waals surface area contributed by atoms with E-state index >= 15 is 0 Å². The van der Waals surface area contributed by atoms with E-state index in [-0.39, 0.29) is 5.91 Å². The Kier molecular flexibility index (Phi) is 7.21. The van der Waals surface area contributed by atoms with Crippen LogP contribution in [0.4, 0.5) is 5.69 Å². The van der Waals surface area contributed by atoms with Crippen LogP contribution in [0, 0.1) is 0 Å². The van der Waals surface area contributed by atoms with Gasteiger partial charge in [-0.1, -0.05) is 23.2 Å². The molecule has 8 heteroatoms. The second kappa shape index (κ2) is 9.39. The molecule has 6 nitrogen and oxygen atoms in total. The van der Waals surface area contributed by atoms with E-state index in [2.05, 4.69) is 5.32 Å². The summed E-state index contributed by atoms with van der Waals surface area (Å²) >= 11 is 12.2. The summed E-state index contributed by atoms with van der Waals surface area (Å²) in [5.74, 6) is 1.36. The average Bonchev–Trinajstić information content (AvgIpc) is 2.66. The number of methoxy groups -OCH3 is 4. The predicted molar refractivity (Wildman–Crippen MR) is 107 cm³/mol. The fourth-order valence-corrected chi connectivity index (χ4v) is 2.87. The zero-order valence-electron chi connectivity index (χ0n) is 15.3. The summed E-state index contributed by atoms with van der Waals surface area (Å²) in [6, 6.07) is 6.52. The van der Waals surface area contributed by atoms with Gasteiger partial charge in [0, 0.05) is 18.2 Å². The Morgan fingerprint density at radius 2 is 1.52 bits per heavy atom. The van der Waals surface area contributed by atoms with Gasteiger partial charge in [0.15, 0.2) is 11.5 Å². The van der Waals surface area contributed by atoms with Crippen LogP contribution in [0.3, 0.4) is 0 Å². The van der Waals surface area contributed by atoms with Crippen LogP contribution in [0.1, 0.15) is 5.56 Å². The number of ether oxygens (including phenoxy) is 4. The Labute approximate surface area is 167 Å². The largest absolute Gasteiger partial charge is 0.495 e. The first-order chi connectivity index (χ1) is 12.9. The monoisotopic (exact) mass is 411 g/mol. The lowest BCUT2D eigenvalue weighted by atomic mass is 10.2. The highest BCUT2D eigenvalue weighted by Gasteiger charge is 2.12. The van der Waals surface area contributed by atoms with E-state index in [0.29, 0.717) is 44.3 Å². The fourth-order valence-electron chi connectivity index (χ4n) is 2.34. The van der Waals surface area contributed by atoms with E-state index in [1.54, 1.807) is 30.3 Å². The first-order valence-corrected chi connectivity index (χ1v) is 8.51. The number of benzene rings is 2. The molecule has 0 unspecified atom stereocenters. The zero-order chi connectivity index (χ0) is 20.0. The predicted octanol–water partition coefficient (Wildman–Crippen LogP) is 4.68. The minimum Gasteiger partial charge on any atom is -0.495 e. The maximum absolute atomic E-state index is 12.3. The Morgan fingerprint density at radius 1 is 0.852 bits per heavy atom. The highest BCUT2D eigenvalue weighted by Crippen LogP contribution is 2.37. The average molecular weight is 412 g/mol. The second-order valence-electron chi connectivity index (χ2n) is 5.25. The summed E-state index contributed by atoms with van der Waals surface area (Å²) < 4.78 is 20.8. The summed E-state index contributed by atoms with van der Waals surface area (Å²) in [6.45, 7) is 0. The molecule has 144 valence electrons. The van der Waals surface area contributed by atoms with Gasteiger partial charge in [-0.15, -0.1) is 0 Å². The number of carbonyl (C=O) groups is 1. The van der Waals surface area contributed by atoms with E-state index in [9.17, 15) is 4.79 Å². The Balaban J connectivity index is 2.22. The van der Waals surface area contributed by atoms with E-state index in [0.717, 1.165) is 0 Å². The van der Waals surface area contributed by atoms with Crippen molar-refractivity contribution in [2.24, 2.45) is 0 Å². The molecule has 0 aliphatic rings. The molecule has 0 saturated heterocycles. The van der Waals surface area contributed by atoms with Crippen LogP contribution in [-0.2, 0) is 4.79 Å². The van der Waals surface area contributed by atoms with Gasteiger partial charge in [-0.25, -0.2) is 0 Å². The van der Waals surface area contributed by atoms with Gasteiger partial charge in [-0.3, -0.25) is 4.79 Å². The quantitative estimate of drug-likeness (QED) is 0.669. The molecule has 0 spiro atoms. The topological polar surface area (TPSA) is 66.0 Å². The van der Waals surface area contributed by atoms with Gasteiger partial charge in [0.25, 0.3) is 0 Å². The maximum atomic E-state index is 12.3. The van der Waals surface area contributed by atoms with Crippen LogP contribution in [0.2, 0.25) is 10.0 Å². The molecule has 0 heterocycles. The molecule has 0 aliphatic heterocycles. The van der Waals surface area contributed by atoms with E-state index in [1.807, 2.05) is 0 Å². The molecule has 1 N–H and O–H groups in total. The molecule has 2 aromatic carbocycles. The highest BCUT2D eigenvalue weighted by molar-refractivity contribution is 6.32. The molecular formula is C19H19Cl2NO5. The van der Waals surface area contributed by atoms with Crippen LogP contribution in [0.25, 0.3) is 6.08 Å². The van der Waals surface area contributed by atoms with Crippen LogP contribution in [-0.4, -0.2) is 34.3 Å². The molecule has 27 heavy (non-hydrogen) atoms. The molecule has 0 fully saturated rings. The van der Waals surface area contributed by atoms with Crippen molar-refractivity contribution in [2.45, 2.75) is 0 Å². The fraction of sp³-hybridized carbons (Fsp3) is 0.211. The lowest BCUT2D eigenvalue weighted by Crippen LogP contribution is -2.09. The summed E-state index contributed by atoms with van der Waals surface area (Å²) in [7, 11) is 5.98. The minimum atomic E-state index is -0.372. The van der Waals surface area contributed by atoms with Gasteiger partial charge in [0.05, 0.1) is 44.2 Å². The lowest BCUT2D eigenvalue weighted by molar-refractivity contribution is -0.111. The standard InChI is InChI=1S/C19H19Cl2NO5/c1-24-15-10-14(16(25-2)9-12(15)20)22-18(23)6-5-11-7-13(21)19(27-4)17(8-11)26-3/h5-10H,1-4H3,(H,22,23)/b6-5+. The molecule has 0 bridgehead atoms.